The predicted octanol–water partition coefficient (Wildman–Crippen LogP) is 2.56. The Morgan fingerprint density at radius 3 is 2.79 bits per heavy atom. The number of nitrogens with zero attached hydrogens (tertiary/aromatic N) is 3. The molecule has 0 aliphatic carbocycles. The van der Waals surface area contributed by atoms with Gasteiger partial charge in [-0.25, -0.2) is 4.98 Å². The van der Waals surface area contributed by atoms with Gasteiger partial charge in [0, 0.05) is 0 Å². The third-order valence-electron chi connectivity index (χ3n) is 3.00. The number of aromatic nitrogens is 2. The molecule has 1 atom stereocenters. The number of hydrogen-bond donors (Lipinski definition) is 1. The molecule has 1 heterocycles. The number of unbranched alkanes of at least 4 members (excludes halogenated alkanes) is 1. The topological polar surface area (TPSA) is 104 Å². The first kappa shape index (κ1) is 15.1. The zero-order valence-corrected chi connectivity index (χ0v) is 11.3. The Kier molecular flexibility index (Phi) is 5.98. The van der Waals surface area contributed by atoms with Crippen LogP contribution in [0.25, 0.3) is 0 Å². The minimum absolute atomic E-state index is 0.0487. The molecule has 19 heavy (non-hydrogen) atoms. The van der Waals surface area contributed by atoms with Crippen LogP contribution >= 0.6 is 0 Å². The number of nitro groups is 1. The molecule has 1 rings (SSSR count). The molecule has 0 saturated heterocycles. The first-order valence-corrected chi connectivity index (χ1v) is 6.47. The fourth-order valence-electron chi connectivity index (χ4n) is 1.75. The van der Waals surface area contributed by atoms with Gasteiger partial charge >= 0.3 is 5.69 Å². The van der Waals surface area contributed by atoms with E-state index in [0.717, 1.165) is 25.7 Å². The molecule has 2 N–H and O–H groups in total. The van der Waals surface area contributed by atoms with Crippen LogP contribution in [-0.2, 0) is 0 Å². The largest absolute Gasteiger partial charge is 0.472 e. The Bertz CT molecular complexity index is 425. The summed E-state index contributed by atoms with van der Waals surface area (Å²) >= 11 is 0. The van der Waals surface area contributed by atoms with Crippen molar-refractivity contribution in [3.63, 3.8) is 0 Å². The minimum Gasteiger partial charge on any atom is -0.472 e. The van der Waals surface area contributed by atoms with Crippen molar-refractivity contribution in [2.75, 3.05) is 12.3 Å². The summed E-state index contributed by atoms with van der Waals surface area (Å²) < 4.78 is 5.46. The average molecular weight is 268 g/mol. The Labute approximate surface area is 112 Å². The van der Waals surface area contributed by atoms with Gasteiger partial charge in [0.1, 0.15) is 6.33 Å². The molecule has 106 valence electrons. The Hall–Kier alpha value is -1.92. The van der Waals surface area contributed by atoms with Crippen LogP contribution < -0.4 is 10.5 Å². The monoisotopic (exact) mass is 268 g/mol. The van der Waals surface area contributed by atoms with Crippen molar-refractivity contribution in [3.05, 3.63) is 16.4 Å². The van der Waals surface area contributed by atoms with Gasteiger partial charge in [-0.15, -0.1) is 0 Å². The van der Waals surface area contributed by atoms with Crippen molar-refractivity contribution < 1.29 is 9.66 Å². The number of nitrogens with two attached hydrogens (primary N) is 1. The maximum atomic E-state index is 10.9. The highest BCUT2D eigenvalue weighted by Gasteiger charge is 2.23. The lowest BCUT2D eigenvalue weighted by molar-refractivity contribution is -0.385. The summed E-state index contributed by atoms with van der Waals surface area (Å²) in [5.41, 5.74) is 5.11. The van der Waals surface area contributed by atoms with E-state index in [-0.39, 0.29) is 17.4 Å². The van der Waals surface area contributed by atoms with E-state index in [4.69, 9.17) is 10.5 Å². The molecule has 0 saturated carbocycles. The first-order chi connectivity index (χ1) is 9.10. The van der Waals surface area contributed by atoms with Crippen molar-refractivity contribution in [1.82, 2.24) is 9.97 Å². The lowest BCUT2D eigenvalue weighted by atomic mass is 10.0. The van der Waals surface area contributed by atoms with E-state index in [9.17, 15) is 10.1 Å². The van der Waals surface area contributed by atoms with Gasteiger partial charge in [-0.2, -0.15) is 4.98 Å². The van der Waals surface area contributed by atoms with Crippen molar-refractivity contribution in [3.8, 4) is 5.88 Å². The van der Waals surface area contributed by atoms with E-state index in [0.29, 0.717) is 12.5 Å². The van der Waals surface area contributed by atoms with Gasteiger partial charge in [0.2, 0.25) is 5.82 Å². The van der Waals surface area contributed by atoms with Crippen LogP contribution in [0.1, 0.15) is 39.5 Å². The highest BCUT2D eigenvalue weighted by molar-refractivity contribution is 5.57. The van der Waals surface area contributed by atoms with Crippen molar-refractivity contribution in [2.24, 2.45) is 5.92 Å². The van der Waals surface area contributed by atoms with Gasteiger partial charge in [0.05, 0.1) is 11.5 Å². The van der Waals surface area contributed by atoms with Crippen molar-refractivity contribution in [2.45, 2.75) is 39.5 Å². The van der Waals surface area contributed by atoms with Gasteiger partial charge in [-0.1, -0.05) is 33.1 Å². The molecular formula is C12H20N4O3. The summed E-state index contributed by atoms with van der Waals surface area (Å²) in [5, 5.41) is 10.9. The molecule has 0 aliphatic heterocycles. The lowest BCUT2D eigenvalue weighted by Gasteiger charge is -2.14. The molecular weight excluding hydrogens is 248 g/mol. The minimum atomic E-state index is -0.613. The summed E-state index contributed by atoms with van der Waals surface area (Å²) in [7, 11) is 0. The smallest absolute Gasteiger partial charge is 0.372 e. The number of rotatable bonds is 8. The summed E-state index contributed by atoms with van der Waals surface area (Å²) in [6, 6.07) is 0. The van der Waals surface area contributed by atoms with Crippen LogP contribution in [0, 0.1) is 16.0 Å². The normalized spacial score (nSPS) is 12.1. The first-order valence-electron chi connectivity index (χ1n) is 6.47. The second kappa shape index (κ2) is 7.50. The van der Waals surface area contributed by atoms with Crippen molar-refractivity contribution in [1.29, 1.82) is 0 Å². The van der Waals surface area contributed by atoms with E-state index in [1.54, 1.807) is 0 Å². The zero-order chi connectivity index (χ0) is 14.3. The van der Waals surface area contributed by atoms with Crippen LogP contribution in [0.2, 0.25) is 0 Å². The third-order valence-corrected chi connectivity index (χ3v) is 3.00. The summed E-state index contributed by atoms with van der Waals surface area (Å²) in [4.78, 5) is 17.7. The van der Waals surface area contributed by atoms with Gasteiger partial charge in [-0.3, -0.25) is 10.1 Å². The standard InChI is InChI=1S/C12H20N4O3/c1-3-5-6-9(4-2)7-19-12-10(16(17)18)11(13)14-8-15-12/h8-9H,3-7H2,1-2H3,(H2,13,14,15). The number of ether oxygens (including phenoxy) is 1. The molecule has 0 spiro atoms. The summed E-state index contributed by atoms with van der Waals surface area (Å²) in [5.74, 6) is 0.153. The molecule has 0 amide bonds. The molecule has 0 aromatic carbocycles. The van der Waals surface area contributed by atoms with Crippen molar-refractivity contribution >= 4 is 11.5 Å². The molecule has 0 fully saturated rings. The second-order valence-electron chi connectivity index (χ2n) is 4.40. The maximum absolute atomic E-state index is 10.9. The Balaban J connectivity index is 2.71. The fraction of sp³-hybridized carbons (Fsp3) is 0.667. The van der Waals surface area contributed by atoms with Gasteiger partial charge < -0.3 is 10.5 Å². The Morgan fingerprint density at radius 2 is 2.21 bits per heavy atom. The van der Waals surface area contributed by atoms with Gasteiger partial charge in [-0.05, 0) is 12.3 Å². The van der Waals surface area contributed by atoms with Crippen LogP contribution in [0.5, 0.6) is 5.88 Å². The molecule has 1 unspecified atom stereocenters. The van der Waals surface area contributed by atoms with Crippen LogP contribution in [-0.4, -0.2) is 21.5 Å². The predicted molar refractivity (Wildman–Crippen MR) is 71.9 cm³/mol. The molecule has 0 aliphatic rings. The second-order valence-corrected chi connectivity index (χ2v) is 4.40. The number of hydrogen-bond acceptors (Lipinski definition) is 6. The van der Waals surface area contributed by atoms with E-state index in [1.807, 2.05) is 0 Å². The third kappa shape index (κ3) is 4.35. The molecule has 0 radical (unpaired) electrons. The summed E-state index contributed by atoms with van der Waals surface area (Å²) in [6.45, 7) is 4.61. The number of nitrogen functional groups attached to an aromatic ring is 1. The van der Waals surface area contributed by atoms with E-state index in [1.165, 1.54) is 6.33 Å². The SMILES string of the molecule is CCCCC(CC)COc1ncnc(N)c1[N+](=O)[O-]. The number of anilines is 1. The quantitative estimate of drug-likeness (QED) is 0.574. The molecule has 1 aromatic heterocycles. The van der Waals surface area contributed by atoms with Crippen LogP contribution in [0.15, 0.2) is 6.33 Å². The summed E-state index contributed by atoms with van der Waals surface area (Å²) in [6.07, 6.45) is 5.42. The van der Waals surface area contributed by atoms with E-state index >= 15 is 0 Å². The molecule has 0 bridgehead atoms. The van der Waals surface area contributed by atoms with Crippen LogP contribution in [0.4, 0.5) is 11.5 Å². The Morgan fingerprint density at radius 1 is 1.47 bits per heavy atom. The molecule has 7 heteroatoms. The molecule has 1 aromatic rings. The maximum Gasteiger partial charge on any atom is 0.372 e. The van der Waals surface area contributed by atoms with Gasteiger partial charge in [0.25, 0.3) is 5.88 Å². The zero-order valence-electron chi connectivity index (χ0n) is 11.3. The highest BCUT2D eigenvalue weighted by Crippen LogP contribution is 2.29. The highest BCUT2D eigenvalue weighted by atomic mass is 16.6. The average Bonchev–Trinajstić information content (AvgIpc) is 2.38. The lowest BCUT2D eigenvalue weighted by Crippen LogP contribution is -2.13. The van der Waals surface area contributed by atoms with Crippen LogP contribution in [0.3, 0.4) is 0 Å². The van der Waals surface area contributed by atoms with E-state index < -0.39 is 4.92 Å². The fourth-order valence-corrected chi connectivity index (χ4v) is 1.75. The molecule has 7 nitrogen and oxygen atoms in total. The van der Waals surface area contributed by atoms with E-state index in [2.05, 4.69) is 23.8 Å². The van der Waals surface area contributed by atoms with Gasteiger partial charge in [0.15, 0.2) is 0 Å².